The lowest BCUT2D eigenvalue weighted by Crippen LogP contribution is -2.30. The average molecular weight is 340 g/mol. The van der Waals surface area contributed by atoms with Gasteiger partial charge in [-0.25, -0.2) is 4.39 Å². The fraction of sp³-hybridized carbons (Fsp3) is 0.235. The van der Waals surface area contributed by atoms with Gasteiger partial charge in [-0.1, -0.05) is 41.4 Å². The lowest BCUT2D eigenvalue weighted by molar-refractivity contribution is -0.129. The van der Waals surface area contributed by atoms with Crippen LogP contribution in [0, 0.1) is 5.82 Å². The highest BCUT2D eigenvalue weighted by atomic mass is 35.5. The number of hydrogen-bond acceptors (Lipinski definition) is 1. The number of amides is 1. The summed E-state index contributed by atoms with van der Waals surface area (Å²) in [6.45, 7) is 0.575. The van der Waals surface area contributed by atoms with Gasteiger partial charge >= 0.3 is 0 Å². The molecule has 0 unspecified atom stereocenters. The summed E-state index contributed by atoms with van der Waals surface area (Å²) in [4.78, 5) is 13.8. The maximum atomic E-state index is 12.8. The molecule has 0 aliphatic heterocycles. The molecule has 1 amide bonds. The normalized spacial score (nSPS) is 10.5. The van der Waals surface area contributed by atoms with E-state index in [1.54, 1.807) is 42.3 Å². The van der Waals surface area contributed by atoms with Crippen LogP contribution in [0.25, 0.3) is 0 Å². The molecule has 2 aromatic rings. The second kappa shape index (κ2) is 7.61. The van der Waals surface area contributed by atoms with Crippen molar-refractivity contribution < 1.29 is 9.18 Å². The molecule has 116 valence electrons. The first-order chi connectivity index (χ1) is 10.5. The topological polar surface area (TPSA) is 20.3 Å². The SMILES string of the molecule is CN(CCc1ccc(F)cc1)C(=O)Cc1ccc(Cl)c(Cl)c1. The Morgan fingerprint density at radius 1 is 1.05 bits per heavy atom. The first-order valence-corrected chi connectivity index (χ1v) is 7.63. The molecule has 0 aliphatic rings. The third kappa shape index (κ3) is 4.72. The zero-order valence-corrected chi connectivity index (χ0v) is 13.7. The molecular formula is C17H16Cl2FNO. The zero-order chi connectivity index (χ0) is 16.1. The van der Waals surface area contributed by atoms with E-state index in [1.807, 2.05) is 0 Å². The van der Waals surface area contributed by atoms with E-state index in [2.05, 4.69) is 0 Å². The first-order valence-electron chi connectivity index (χ1n) is 6.88. The fourth-order valence-corrected chi connectivity index (χ4v) is 2.35. The van der Waals surface area contributed by atoms with Gasteiger partial charge in [-0.3, -0.25) is 4.79 Å². The van der Waals surface area contributed by atoms with Crippen LogP contribution in [-0.4, -0.2) is 24.4 Å². The summed E-state index contributed by atoms with van der Waals surface area (Å²) >= 11 is 11.8. The van der Waals surface area contributed by atoms with E-state index in [0.717, 1.165) is 11.1 Å². The average Bonchev–Trinajstić information content (AvgIpc) is 2.50. The zero-order valence-electron chi connectivity index (χ0n) is 12.2. The molecule has 2 rings (SSSR count). The predicted molar refractivity (Wildman–Crippen MR) is 87.9 cm³/mol. The molecule has 0 aliphatic carbocycles. The highest BCUT2D eigenvalue weighted by Gasteiger charge is 2.11. The van der Waals surface area contributed by atoms with E-state index in [9.17, 15) is 9.18 Å². The van der Waals surface area contributed by atoms with Crippen LogP contribution >= 0.6 is 23.2 Å². The Kier molecular flexibility index (Phi) is 5.81. The molecule has 0 fully saturated rings. The summed E-state index contributed by atoms with van der Waals surface area (Å²) in [5.74, 6) is -0.256. The second-order valence-electron chi connectivity index (χ2n) is 5.12. The summed E-state index contributed by atoms with van der Waals surface area (Å²) in [6.07, 6.45) is 0.959. The Hall–Kier alpha value is -1.58. The third-order valence-electron chi connectivity index (χ3n) is 3.41. The standard InChI is InChI=1S/C17H16Cl2FNO/c1-21(9-8-12-2-5-14(20)6-3-12)17(22)11-13-4-7-15(18)16(19)10-13/h2-7,10H,8-9,11H2,1H3. The molecule has 0 bridgehead atoms. The molecule has 5 heteroatoms. The van der Waals surface area contributed by atoms with Crippen LogP contribution in [0.15, 0.2) is 42.5 Å². The van der Waals surface area contributed by atoms with Crippen LogP contribution in [-0.2, 0) is 17.6 Å². The molecular weight excluding hydrogens is 324 g/mol. The number of benzene rings is 2. The number of carbonyl (C=O) groups is 1. The first kappa shape index (κ1) is 16.8. The van der Waals surface area contributed by atoms with Gasteiger partial charge in [0.2, 0.25) is 5.91 Å². The molecule has 0 saturated carbocycles. The predicted octanol–water partition coefficient (Wildman–Crippen LogP) is 4.38. The van der Waals surface area contributed by atoms with Crippen molar-refractivity contribution in [2.75, 3.05) is 13.6 Å². The Morgan fingerprint density at radius 2 is 1.68 bits per heavy atom. The largest absolute Gasteiger partial charge is 0.345 e. The van der Waals surface area contributed by atoms with Crippen LogP contribution in [0.3, 0.4) is 0 Å². The van der Waals surface area contributed by atoms with Gasteiger partial charge in [-0.15, -0.1) is 0 Å². The third-order valence-corrected chi connectivity index (χ3v) is 4.15. The van der Waals surface area contributed by atoms with Crippen molar-refractivity contribution in [3.63, 3.8) is 0 Å². The van der Waals surface area contributed by atoms with Gasteiger partial charge in [0.05, 0.1) is 16.5 Å². The van der Waals surface area contributed by atoms with Crippen molar-refractivity contribution >= 4 is 29.1 Å². The maximum Gasteiger partial charge on any atom is 0.226 e. The van der Waals surface area contributed by atoms with Crippen LogP contribution < -0.4 is 0 Å². The summed E-state index contributed by atoms with van der Waals surface area (Å²) in [5.41, 5.74) is 1.82. The Morgan fingerprint density at radius 3 is 2.32 bits per heavy atom. The van der Waals surface area contributed by atoms with E-state index in [4.69, 9.17) is 23.2 Å². The lowest BCUT2D eigenvalue weighted by atomic mass is 10.1. The molecule has 0 N–H and O–H groups in total. The van der Waals surface area contributed by atoms with Crippen LogP contribution in [0.4, 0.5) is 4.39 Å². The Bertz CT molecular complexity index is 658. The van der Waals surface area contributed by atoms with Crippen molar-refractivity contribution in [3.8, 4) is 0 Å². The number of rotatable bonds is 5. The van der Waals surface area contributed by atoms with Crippen molar-refractivity contribution in [1.29, 1.82) is 0 Å². The minimum Gasteiger partial charge on any atom is -0.345 e. The lowest BCUT2D eigenvalue weighted by Gasteiger charge is -2.17. The number of nitrogens with zero attached hydrogens (tertiary/aromatic N) is 1. The van der Waals surface area contributed by atoms with Gasteiger partial charge in [0.25, 0.3) is 0 Å². The minimum absolute atomic E-state index is 0.000464. The van der Waals surface area contributed by atoms with E-state index in [0.29, 0.717) is 23.0 Å². The molecule has 0 aromatic heterocycles. The van der Waals surface area contributed by atoms with E-state index >= 15 is 0 Å². The van der Waals surface area contributed by atoms with Crippen LogP contribution in [0.1, 0.15) is 11.1 Å². The van der Waals surface area contributed by atoms with Gasteiger partial charge in [-0.2, -0.15) is 0 Å². The monoisotopic (exact) mass is 339 g/mol. The van der Waals surface area contributed by atoms with Gasteiger partial charge < -0.3 is 4.90 Å². The minimum atomic E-state index is -0.257. The fourth-order valence-electron chi connectivity index (χ4n) is 2.03. The molecule has 0 spiro atoms. The maximum absolute atomic E-state index is 12.8. The molecule has 22 heavy (non-hydrogen) atoms. The smallest absolute Gasteiger partial charge is 0.226 e. The second-order valence-corrected chi connectivity index (χ2v) is 5.93. The van der Waals surface area contributed by atoms with E-state index < -0.39 is 0 Å². The summed E-state index contributed by atoms with van der Waals surface area (Å²) < 4.78 is 12.8. The number of hydrogen-bond donors (Lipinski definition) is 0. The van der Waals surface area contributed by atoms with E-state index in [1.165, 1.54) is 12.1 Å². The quantitative estimate of drug-likeness (QED) is 0.791. The Labute approximate surface area is 139 Å². The van der Waals surface area contributed by atoms with Crippen molar-refractivity contribution in [2.45, 2.75) is 12.8 Å². The Balaban J connectivity index is 1.88. The summed E-state index contributed by atoms with van der Waals surface area (Å²) in [7, 11) is 1.75. The van der Waals surface area contributed by atoms with Crippen molar-refractivity contribution in [1.82, 2.24) is 4.90 Å². The number of likely N-dealkylation sites (N-methyl/N-ethyl adjacent to an activating group) is 1. The molecule has 0 heterocycles. The molecule has 2 aromatic carbocycles. The highest BCUT2D eigenvalue weighted by molar-refractivity contribution is 6.42. The van der Waals surface area contributed by atoms with Crippen molar-refractivity contribution in [3.05, 3.63) is 69.5 Å². The van der Waals surface area contributed by atoms with Crippen molar-refractivity contribution in [2.24, 2.45) is 0 Å². The number of halogens is 3. The number of carbonyl (C=O) groups excluding carboxylic acids is 1. The van der Waals surface area contributed by atoms with E-state index in [-0.39, 0.29) is 18.1 Å². The van der Waals surface area contributed by atoms with Gasteiger partial charge in [0, 0.05) is 13.6 Å². The summed E-state index contributed by atoms with van der Waals surface area (Å²) in [6, 6.07) is 11.5. The van der Waals surface area contributed by atoms with Gasteiger partial charge in [0.1, 0.15) is 5.82 Å². The van der Waals surface area contributed by atoms with Crippen LogP contribution in [0.5, 0.6) is 0 Å². The van der Waals surface area contributed by atoms with Crippen LogP contribution in [0.2, 0.25) is 10.0 Å². The molecule has 0 saturated heterocycles. The molecule has 0 atom stereocenters. The molecule has 2 nitrogen and oxygen atoms in total. The highest BCUT2D eigenvalue weighted by Crippen LogP contribution is 2.23. The van der Waals surface area contributed by atoms with Gasteiger partial charge in [-0.05, 0) is 41.8 Å². The molecule has 0 radical (unpaired) electrons. The summed E-state index contributed by atoms with van der Waals surface area (Å²) in [5, 5.41) is 0.920. The van der Waals surface area contributed by atoms with Gasteiger partial charge in [0.15, 0.2) is 0 Å².